The molecule has 8 nitrogen and oxygen atoms in total. The number of carbonyl (C=O) groups is 2. The summed E-state index contributed by atoms with van der Waals surface area (Å²) in [5, 5.41) is 2.54. The van der Waals surface area contributed by atoms with Crippen molar-refractivity contribution in [2.24, 2.45) is 18.9 Å². The van der Waals surface area contributed by atoms with Crippen molar-refractivity contribution in [3.8, 4) is 0 Å². The van der Waals surface area contributed by atoms with E-state index in [4.69, 9.17) is 0 Å². The maximum absolute atomic E-state index is 12.9. The normalized spacial score (nSPS) is 26.1. The van der Waals surface area contributed by atoms with Crippen LogP contribution >= 0.6 is 0 Å². The first kappa shape index (κ1) is 18.6. The molecule has 2 aliphatic rings. The monoisotopic (exact) mass is 402 g/mol. The average molecular weight is 402 g/mol. The third-order valence-electron chi connectivity index (χ3n) is 6.07. The highest BCUT2D eigenvalue weighted by atomic mass is 16.2. The molecule has 2 aromatic heterocycles. The largest absolute Gasteiger partial charge is 0.337 e. The van der Waals surface area contributed by atoms with E-state index in [1.54, 1.807) is 12.4 Å². The molecule has 3 aromatic rings. The summed E-state index contributed by atoms with van der Waals surface area (Å²) in [5.41, 5.74) is 1.84. The molecule has 0 aliphatic carbocycles. The van der Waals surface area contributed by atoms with Gasteiger partial charge in [0, 0.05) is 32.2 Å². The van der Waals surface area contributed by atoms with Crippen LogP contribution in [-0.2, 0) is 23.2 Å². The first-order valence-corrected chi connectivity index (χ1v) is 9.95. The van der Waals surface area contributed by atoms with E-state index in [-0.39, 0.29) is 23.9 Å². The third kappa shape index (κ3) is 2.91. The summed E-state index contributed by atoms with van der Waals surface area (Å²) in [7, 11) is 1.91. The molecule has 8 heteroatoms. The van der Waals surface area contributed by atoms with Crippen molar-refractivity contribution in [1.82, 2.24) is 29.7 Å². The molecule has 2 aliphatic heterocycles. The molecule has 2 saturated heterocycles. The fourth-order valence-corrected chi connectivity index (χ4v) is 4.83. The Morgan fingerprint density at radius 1 is 0.967 bits per heavy atom. The molecule has 0 radical (unpaired) electrons. The number of amides is 2. The molecule has 1 N–H and O–H groups in total. The minimum absolute atomic E-state index is 0.246. The lowest BCUT2D eigenvalue weighted by Crippen LogP contribution is -2.36. The molecule has 5 rings (SSSR count). The van der Waals surface area contributed by atoms with Crippen LogP contribution < -0.4 is 5.32 Å². The van der Waals surface area contributed by atoms with Crippen molar-refractivity contribution in [2.45, 2.75) is 25.6 Å². The van der Waals surface area contributed by atoms with Gasteiger partial charge < -0.3 is 4.57 Å². The van der Waals surface area contributed by atoms with Crippen molar-refractivity contribution in [1.29, 1.82) is 0 Å². The minimum Gasteiger partial charge on any atom is -0.337 e. The molecule has 152 valence electrons. The van der Waals surface area contributed by atoms with Gasteiger partial charge in [0.25, 0.3) is 0 Å². The Morgan fingerprint density at radius 2 is 1.70 bits per heavy atom. The van der Waals surface area contributed by atoms with Gasteiger partial charge in [0.15, 0.2) is 0 Å². The number of hydrogen-bond acceptors (Lipinski definition) is 6. The SMILES string of the molecule is Cc1nccc([C@@H]2[C@H]3C(=O)NC(=O)[C@H]3[C@@H](c3nccn3C)N2Cc2ccccc2)n1. The number of aromatic nitrogens is 4. The summed E-state index contributed by atoms with van der Waals surface area (Å²) in [6.45, 7) is 2.40. The van der Waals surface area contributed by atoms with E-state index in [0.717, 1.165) is 17.1 Å². The highest BCUT2D eigenvalue weighted by Gasteiger charge is 2.61. The van der Waals surface area contributed by atoms with Crippen molar-refractivity contribution >= 4 is 11.8 Å². The van der Waals surface area contributed by atoms with E-state index in [9.17, 15) is 9.59 Å². The van der Waals surface area contributed by atoms with E-state index in [1.165, 1.54) is 0 Å². The standard InChI is InChI=1S/C22H22N6O2/c1-13-23-9-8-15(25-13)18-16-17(22(30)26-21(16)29)19(20-24-10-11-27(20)2)28(18)12-14-6-4-3-5-7-14/h3-11,16-19H,12H2,1-2H3,(H,26,29,30)/t16-,17+,18+,19-/m0/s1. The molecule has 4 heterocycles. The number of rotatable bonds is 4. The van der Waals surface area contributed by atoms with Crippen LogP contribution in [0.4, 0.5) is 0 Å². The maximum atomic E-state index is 12.9. The van der Waals surface area contributed by atoms with Crippen molar-refractivity contribution < 1.29 is 9.59 Å². The minimum atomic E-state index is -0.530. The summed E-state index contributed by atoms with van der Waals surface area (Å²) in [6.07, 6.45) is 5.29. The van der Waals surface area contributed by atoms with Crippen LogP contribution in [0.1, 0.15) is 35.0 Å². The van der Waals surface area contributed by atoms with Gasteiger partial charge in [-0.05, 0) is 18.6 Å². The Morgan fingerprint density at radius 3 is 2.37 bits per heavy atom. The molecule has 2 fully saturated rings. The van der Waals surface area contributed by atoms with E-state index < -0.39 is 11.8 Å². The molecular formula is C22H22N6O2. The second-order valence-corrected chi connectivity index (χ2v) is 7.88. The number of nitrogens with zero attached hydrogens (tertiary/aromatic N) is 5. The lowest BCUT2D eigenvalue weighted by molar-refractivity contribution is -0.128. The van der Waals surface area contributed by atoms with Gasteiger partial charge in [-0.2, -0.15) is 0 Å². The van der Waals surface area contributed by atoms with Gasteiger partial charge in [-0.15, -0.1) is 0 Å². The van der Waals surface area contributed by atoms with Crippen LogP contribution in [0.2, 0.25) is 0 Å². The van der Waals surface area contributed by atoms with Gasteiger partial charge in [-0.25, -0.2) is 15.0 Å². The maximum Gasteiger partial charge on any atom is 0.232 e. The third-order valence-corrected chi connectivity index (χ3v) is 6.07. The van der Waals surface area contributed by atoms with E-state index in [1.807, 2.05) is 61.1 Å². The van der Waals surface area contributed by atoms with Crippen LogP contribution in [0, 0.1) is 18.8 Å². The van der Waals surface area contributed by atoms with Gasteiger partial charge in [0.05, 0.1) is 29.6 Å². The smallest absolute Gasteiger partial charge is 0.232 e. The Bertz CT molecular complexity index is 1110. The zero-order valence-electron chi connectivity index (χ0n) is 16.8. The summed E-state index contributed by atoms with van der Waals surface area (Å²) < 4.78 is 1.92. The van der Waals surface area contributed by atoms with Gasteiger partial charge in [0.2, 0.25) is 11.8 Å². The van der Waals surface area contributed by atoms with Crippen LogP contribution in [0.25, 0.3) is 0 Å². The fraction of sp³-hybridized carbons (Fsp3) is 0.318. The number of imide groups is 1. The quantitative estimate of drug-likeness (QED) is 0.668. The first-order chi connectivity index (χ1) is 14.5. The lowest BCUT2D eigenvalue weighted by atomic mass is 9.87. The Hall–Kier alpha value is -3.39. The van der Waals surface area contributed by atoms with Crippen molar-refractivity contribution in [3.05, 3.63) is 77.9 Å². The number of likely N-dealkylation sites (tertiary alicyclic amines) is 1. The molecule has 2 amide bonds. The Labute approximate surface area is 174 Å². The van der Waals surface area contributed by atoms with E-state index in [0.29, 0.717) is 12.4 Å². The van der Waals surface area contributed by atoms with Crippen LogP contribution in [-0.4, -0.2) is 36.2 Å². The summed E-state index contributed by atoms with van der Waals surface area (Å²) >= 11 is 0. The van der Waals surface area contributed by atoms with Crippen LogP contribution in [0.5, 0.6) is 0 Å². The number of nitrogens with one attached hydrogen (secondary N) is 1. The molecule has 0 unspecified atom stereocenters. The highest BCUT2D eigenvalue weighted by molar-refractivity contribution is 6.06. The molecular weight excluding hydrogens is 380 g/mol. The molecule has 1 aromatic carbocycles. The number of imidazole rings is 1. The summed E-state index contributed by atoms with van der Waals surface area (Å²) in [6, 6.07) is 11.2. The molecule has 0 bridgehead atoms. The zero-order valence-corrected chi connectivity index (χ0v) is 16.8. The number of carbonyl (C=O) groups excluding carboxylic acids is 2. The molecule has 4 atom stereocenters. The molecule has 30 heavy (non-hydrogen) atoms. The fourth-order valence-electron chi connectivity index (χ4n) is 4.83. The predicted molar refractivity (Wildman–Crippen MR) is 108 cm³/mol. The van der Waals surface area contributed by atoms with Crippen molar-refractivity contribution in [3.63, 3.8) is 0 Å². The topological polar surface area (TPSA) is 93.0 Å². The summed E-state index contributed by atoms with van der Waals surface area (Å²) in [4.78, 5) is 41.4. The number of fused-ring (bicyclic) bond motifs is 1. The first-order valence-electron chi connectivity index (χ1n) is 9.95. The van der Waals surface area contributed by atoms with Gasteiger partial charge >= 0.3 is 0 Å². The number of hydrogen-bond donors (Lipinski definition) is 1. The molecule has 0 spiro atoms. The van der Waals surface area contributed by atoms with Crippen LogP contribution in [0.15, 0.2) is 55.0 Å². The van der Waals surface area contributed by atoms with Crippen molar-refractivity contribution in [2.75, 3.05) is 0 Å². The zero-order chi connectivity index (χ0) is 20.8. The van der Waals surface area contributed by atoms with E-state index >= 15 is 0 Å². The lowest BCUT2D eigenvalue weighted by Gasteiger charge is -2.31. The van der Waals surface area contributed by atoms with Gasteiger partial charge in [-0.1, -0.05) is 30.3 Å². The molecule has 0 saturated carbocycles. The highest BCUT2D eigenvalue weighted by Crippen LogP contribution is 2.53. The van der Waals surface area contributed by atoms with E-state index in [2.05, 4.69) is 25.2 Å². The van der Waals surface area contributed by atoms with Crippen LogP contribution in [0.3, 0.4) is 0 Å². The van der Waals surface area contributed by atoms with Gasteiger partial charge in [0.1, 0.15) is 11.6 Å². The average Bonchev–Trinajstić information content (AvgIpc) is 3.37. The summed E-state index contributed by atoms with van der Waals surface area (Å²) in [5.74, 6) is -0.155. The second-order valence-electron chi connectivity index (χ2n) is 7.88. The predicted octanol–water partition coefficient (Wildman–Crippen LogP) is 1.71. The Kier molecular flexibility index (Phi) is 4.43. The van der Waals surface area contributed by atoms with Gasteiger partial charge in [-0.3, -0.25) is 19.8 Å². The Balaban J connectivity index is 1.68. The number of benzene rings is 1. The number of aryl methyl sites for hydroxylation is 2. The second kappa shape index (κ2) is 7.14.